The zero-order valence-corrected chi connectivity index (χ0v) is 26.8. The second-order valence-electron chi connectivity index (χ2n) is 13.2. The molecule has 0 unspecified atom stereocenters. The Morgan fingerprint density at radius 1 is 1.23 bits per heavy atom. The van der Waals surface area contributed by atoms with Crippen LogP contribution in [0.5, 0.6) is 11.5 Å². The van der Waals surface area contributed by atoms with Gasteiger partial charge in [-0.15, -0.1) is 0 Å². The van der Waals surface area contributed by atoms with E-state index in [1.807, 2.05) is 0 Å². The number of carbonyl (C=O) groups is 2. The molecule has 0 saturated heterocycles. The van der Waals surface area contributed by atoms with Crippen molar-refractivity contribution < 1.29 is 32.2 Å². The molecule has 3 fully saturated rings. The zero-order valence-electron chi connectivity index (χ0n) is 26.1. The Labute approximate surface area is 279 Å². The number of hydrogen-bond acceptors (Lipinski definition) is 8. The van der Waals surface area contributed by atoms with Gasteiger partial charge in [-0.3, -0.25) is 19.6 Å². The number of aromatic nitrogens is 2. The quantitative estimate of drug-likeness (QED) is 0.166. The molecule has 48 heavy (non-hydrogen) atoms. The topological polar surface area (TPSA) is 155 Å². The first-order valence-corrected chi connectivity index (χ1v) is 16.3. The van der Waals surface area contributed by atoms with Gasteiger partial charge in [0.15, 0.2) is 0 Å². The first-order chi connectivity index (χ1) is 22.9. The molecule has 1 aromatic carbocycles. The minimum absolute atomic E-state index is 0.0327. The fraction of sp³-hybridized carbons (Fsp3) is 0.441. The molecule has 2 amide bonds. The number of nitrogens with one attached hydrogen (secondary N) is 1. The molecule has 3 saturated carbocycles. The highest BCUT2D eigenvalue weighted by molar-refractivity contribution is 6.34. The Hall–Kier alpha value is -4.39. The molecule has 4 aliphatic rings. The molecule has 3 aliphatic carbocycles. The summed E-state index contributed by atoms with van der Waals surface area (Å²) in [6.07, 6.45) is 4.08. The van der Waals surface area contributed by atoms with Gasteiger partial charge >= 0.3 is 0 Å². The molecular formula is C34H34ClF3N6O4. The van der Waals surface area contributed by atoms with Gasteiger partial charge in [0, 0.05) is 46.9 Å². The fourth-order valence-electron chi connectivity index (χ4n) is 5.84. The number of halogens is 4. The number of hydrogen-bond donors (Lipinski definition) is 3. The number of nitrogens with zero attached hydrogens (tertiary/aromatic N) is 3. The van der Waals surface area contributed by atoms with Crippen molar-refractivity contribution in [3.63, 3.8) is 0 Å². The number of amides is 2. The summed E-state index contributed by atoms with van der Waals surface area (Å²) in [5, 5.41) is 2.50. The minimum atomic E-state index is -2.97. The second-order valence-corrected chi connectivity index (χ2v) is 13.6. The summed E-state index contributed by atoms with van der Waals surface area (Å²) in [5.74, 6) is -1.65. The van der Waals surface area contributed by atoms with Gasteiger partial charge in [0.25, 0.3) is 12.3 Å². The van der Waals surface area contributed by atoms with E-state index in [0.717, 1.165) is 25.7 Å². The monoisotopic (exact) mass is 682 g/mol. The summed E-state index contributed by atoms with van der Waals surface area (Å²) < 4.78 is 55.6. The number of carbonyl (C=O) groups excluding carboxylic acids is 2. The lowest BCUT2D eigenvalue weighted by Crippen LogP contribution is -2.40. The molecule has 2 atom stereocenters. The van der Waals surface area contributed by atoms with Crippen molar-refractivity contribution in [1.29, 1.82) is 0 Å². The van der Waals surface area contributed by atoms with Gasteiger partial charge < -0.3 is 26.3 Å². The summed E-state index contributed by atoms with van der Waals surface area (Å²) >= 11 is 6.40. The summed E-state index contributed by atoms with van der Waals surface area (Å²) in [5.41, 5.74) is 10.3. The number of nitrogens with two attached hydrogens (primary N) is 2. The highest BCUT2D eigenvalue weighted by Gasteiger charge is 2.53. The lowest BCUT2D eigenvalue weighted by atomic mass is 9.82. The van der Waals surface area contributed by atoms with Crippen LogP contribution in [0.2, 0.25) is 5.02 Å². The molecule has 1 aliphatic heterocycles. The Bertz CT molecular complexity index is 1850. The van der Waals surface area contributed by atoms with Gasteiger partial charge in [0.1, 0.15) is 40.6 Å². The number of fused-ring (bicyclic) bond motifs is 1. The summed E-state index contributed by atoms with van der Waals surface area (Å²) in [7, 11) is 0. The highest BCUT2D eigenvalue weighted by Crippen LogP contribution is 2.53. The number of nitrogen functional groups attached to an aromatic ring is 1. The normalized spacial score (nSPS) is 21.5. The van der Waals surface area contributed by atoms with E-state index < -0.39 is 40.9 Å². The van der Waals surface area contributed by atoms with E-state index in [1.165, 1.54) is 12.3 Å². The molecule has 252 valence electrons. The standard InChI is InChI=1S/C34H34ClF3N6O4/c1-33(32(40)46)15-47-29-21(33)12-23(44-27(29)20-6-9-41-28(25(20)35)30(36)37)22(34(38)7-8-34)14-43-31(45)16-10-17(13-42-18-2-3-18)26(39)24(11-16)48-19-4-5-19/h6,9-13,18-19,22,30H,2-5,7-8,14-15,39H2,1H3,(H2,40,46)(H,43,45)/t22-,33+/m1/s1. The Morgan fingerprint density at radius 3 is 2.62 bits per heavy atom. The van der Waals surface area contributed by atoms with Gasteiger partial charge in [0.05, 0.1) is 28.8 Å². The molecule has 0 bridgehead atoms. The Kier molecular flexibility index (Phi) is 8.00. The van der Waals surface area contributed by atoms with Crippen LogP contribution in [0, 0.1) is 0 Å². The third-order valence-corrected chi connectivity index (χ3v) is 9.81. The van der Waals surface area contributed by atoms with Crippen LogP contribution in [0.25, 0.3) is 11.3 Å². The van der Waals surface area contributed by atoms with Gasteiger partial charge in [-0.2, -0.15) is 0 Å². The predicted molar refractivity (Wildman–Crippen MR) is 173 cm³/mol. The molecule has 7 rings (SSSR count). The van der Waals surface area contributed by atoms with Crippen LogP contribution < -0.4 is 26.3 Å². The Balaban J connectivity index is 1.25. The smallest absolute Gasteiger partial charge is 0.281 e. The number of alkyl halides is 3. The maximum absolute atomic E-state index is 16.2. The number of aliphatic imine (C=N–C) groups is 1. The van der Waals surface area contributed by atoms with Crippen molar-refractivity contribution in [1.82, 2.24) is 15.3 Å². The van der Waals surface area contributed by atoms with Crippen LogP contribution in [0.4, 0.5) is 18.9 Å². The molecule has 0 radical (unpaired) electrons. The number of primary amides is 1. The minimum Gasteiger partial charge on any atom is -0.489 e. The lowest BCUT2D eigenvalue weighted by Gasteiger charge is -2.25. The van der Waals surface area contributed by atoms with E-state index in [9.17, 15) is 18.4 Å². The number of anilines is 1. The SMILES string of the molecule is C[C@]1(C(N)=O)COc2c1cc([C@@H](CNC(=O)c1cc(C=NC3CC3)c(N)c(OC3CC3)c1)C1(F)CC1)nc2-c1ccnc(C(F)F)c1Cl. The number of pyridine rings is 2. The van der Waals surface area contributed by atoms with Crippen LogP contribution in [-0.2, 0) is 10.2 Å². The highest BCUT2D eigenvalue weighted by atomic mass is 35.5. The zero-order chi connectivity index (χ0) is 34.0. The van der Waals surface area contributed by atoms with E-state index in [0.29, 0.717) is 22.6 Å². The molecule has 3 heterocycles. The molecule has 2 aromatic heterocycles. The summed E-state index contributed by atoms with van der Waals surface area (Å²) in [6.45, 7) is 1.27. The van der Waals surface area contributed by atoms with Crippen molar-refractivity contribution in [2.45, 2.75) is 81.0 Å². The first-order valence-electron chi connectivity index (χ1n) is 15.9. The van der Waals surface area contributed by atoms with Gasteiger partial charge in [-0.1, -0.05) is 11.6 Å². The van der Waals surface area contributed by atoms with E-state index in [4.69, 9.17) is 37.5 Å². The van der Waals surface area contributed by atoms with Gasteiger partial charge in [0.2, 0.25) is 5.91 Å². The van der Waals surface area contributed by atoms with Crippen molar-refractivity contribution in [2.75, 3.05) is 18.9 Å². The van der Waals surface area contributed by atoms with Gasteiger partial charge in [-0.25, -0.2) is 18.2 Å². The third kappa shape index (κ3) is 6.04. The van der Waals surface area contributed by atoms with Crippen LogP contribution in [0.1, 0.15) is 90.7 Å². The van der Waals surface area contributed by atoms with Crippen molar-refractivity contribution in [3.05, 3.63) is 63.6 Å². The first kappa shape index (κ1) is 32.2. The number of rotatable bonds is 12. The molecule has 3 aromatic rings. The van der Waals surface area contributed by atoms with Crippen molar-refractivity contribution in [2.24, 2.45) is 10.7 Å². The van der Waals surface area contributed by atoms with Crippen molar-refractivity contribution >= 4 is 35.3 Å². The van der Waals surface area contributed by atoms with Crippen molar-refractivity contribution in [3.8, 4) is 22.8 Å². The maximum atomic E-state index is 16.2. The number of benzene rings is 1. The van der Waals surface area contributed by atoms with Crippen LogP contribution in [0.15, 0.2) is 35.5 Å². The van der Waals surface area contributed by atoms with E-state index in [2.05, 4.69) is 15.3 Å². The van der Waals surface area contributed by atoms with Gasteiger partial charge in [-0.05, 0) is 69.7 Å². The largest absolute Gasteiger partial charge is 0.489 e. The second kappa shape index (κ2) is 11.9. The molecule has 14 heteroatoms. The van der Waals surface area contributed by atoms with Crippen LogP contribution in [-0.4, -0.2) is 59.0 Å². The van der Waals surface area contributed by atoms with Crippen LogP contribution in [0.3, 0.4) is 0 Å². The van der Waals surface area contributed by atoms with E-state index in [1.54, 1.807) is 31.3 Å². The molecule has 0 spiro atoms. The van der Waals surface area contributed by atoms with E-state index in [-0.39, 0.29) is 71.4 Å². The predicted octanol–water partition coefficient (Wildman–Crippen LogP) is 5.59. The molecule has 10 nitrogen and oxygen atoms in total. The third-order valence-electron chi connectivity index (χ3n) is 9.42. The Morgan fingerprint density at radius 2 is 1.98 bits per heavy atom. The summed E-state index contributed by atoms with van der Waals surface area (Å²) in [4.78, 5) is 39.2. The maximum Gasteiger partial charge on any atom is 0.281 e. The molecular weight excluding hydrogens is 649 g/mol. The average Bonchev–Trinajstić information content (AvgIpc) is 3.95. The van der Waals surface area contributed by atoms with Crippen LogP contribution >= 0.6 is 11.6 Å². The average molecular weight is 683 g/mol. The molecule has 5 N–H and O–H groups in total. The fourth-order valence-corrected chi connectivity index (χ4v) is 6.12. The lowest BCUT2D eigenvalue weighted by molar-refractivity contribution is -0.123. The number of ether oxygens (including phenoxy) is 2. The summed E-state index contributed by atoms with van der Waals surface area (Å²) in [6, 6.07) is 6.39. The van der Waals surface area contributed by atoms with E-state index >= 15 is 4.39 Å².